The minimum absolute atomic E-state index is 0.0329. The molecule has 2 N–H and O–H groups in total. The lowest BCUT2D eigenvalue weighted by Gasteiger charge is -2.40. The van der Waals surface area contributed by atoms with Crippen molar-refractivity contribution in [2.45, 2.75) is 65.0 Å². The van der Waals surface area contributed by atoms with Crippen LogP contribution in [0.25, 0.3) is 0 Å². The van der Waals surface area contributed by atoms with E-state index in [0.29, 0.717) is 0 Å². The monoisotopic (exact) mass is 243 g/mol. The maximum absolute atomic E-state index is 11.6. The molecule has 100 valence electrons. The largest absolute Gasteiger partial charge is 0.444 e. The minimum Gasteiger partial charge on any atom is -0.444 e. The highest BCUT2D eigenvalue weighted by Gasteiger charge is 2.34. The van der Waals surface area contributed by atoms with E-state index in [1.54, 1.807) is 0 Å². The van der Waals surface area contributed by atoms with E-state index < -0.39 is 11.7 Å². The SMILES string of the molecule is CC1(CC(CO)NC(=O)OC(C)(C)C)CCC1. The number of ether oxygens (including phenoxy) is 1. The summed E-state index contributed by atoms with van der Waals surface area (Å²) in [4.78, 5) is 11.6. The van der Waals surface area contributed by atoms with Crippen molar-refractivity contribution in [2.75, 3.05) is 6.61 Å². The number of carbonyl (C=O) groups is 1. The van der Waals surface area contributed by atoms with Gasteiger partial charge in [-0.2, -0.15) is 0 Å². The Morgan fingerprint density at radius 1 is 1.47 bits per heavy atom. The minimum atomic E-state index is -0.496. The van der Waals surface area contributed by atoms with E-state index in [0.717, 1.165) is 6.42 Å². The predicted molar refractivity (Wildman–Crippen MR) is 66.8 cm³/mol. The molecule has 0 spiro atoms. The molecule has 0 radical (unpaired) electrons. The summed E-state index contributed by atoms with van der Waals surface area (Å²) in [5.74, 6) is 0. The first kappa shape index (κ1) is 14.3. The first-order chi connectivity index (χ1) is 7.74. The van der Waals surface area contributed by atoms with Crippen molar-refractivity contribution in [3.05, 3.63) is 0 Å². The van der Waals surface area contributed by atoms with Crippen LogP contribution in [0.3, 0.4) is 0 Å². The van der Waals surface area contributed by atoms with Gasteiger partial charge in [0, 0.05) is 0 Å². The van der Waals surface area contributed by atoms with E-state index in [-0.39, 0.29) is 18.1 Å². The van der Waals surface area contributed by atoms with Crippen LogP contribution in [0.4, 0.5) is 4.79 Å². The Labute approximate surface area is 104 Å². The van der Waals surface area contributed by atoms with E-state index in [1.165, 1.54) is 19.3 Å². The van der Waals surface area contributed by atoms with Gasteiger partial charge >= 0.3 is 6.09 Å². The zero-order valence-electron chi connectivity index (χ0n) is 11.4. The molecule has 1 rings (SSSR count). The Bertz CT molecular complexity index is 266. The summed E-state index contributed by atoms with van der Waals surface area (Å²) in [5.41, 5.74) is -0.215. The Morgan fingerprint density at radius 3 is 2.41 bits per heavy atom. The zero-order valence-corrected chi connectivity index (χ0v) is 11.4. The summed E-state index contributed by atoms with van der Waals surface area (Å²) in [6, 6.07) is -0.199. The molecular formula is C13H25NO3. The maximum Gasteiger partial charge on any atom is 0.407 e. The highest BCUT2D eigenvalue weighted by molar-refractivity contribution is 5.68. The highest BCUT2D eigenvalue weighted by Crippen LogP contribution is 2.44. The normalized spacial score (nSPS) is 20.3. The molecule has 1 atom stereocenters. The molecule has 1 aliphatic carbocycles. The summed E-state index contributed by atoms with van der Waals surface area (Å²) in [6.45, 7) is 7.65. The average Bonchev–Trinajstić information content (AvgIpc) is 2.11. The van der Waals surface area contributed by atoms with E-state index in [4.69, 9.17) is 4.74 Å². The Morgan fingerprint density at radius 2 is 2.06 bits per heavy atom. The summed E-state index contributed by atoms with van der Waals surface area (Å²) in [5, 5.41) is 12.0. The van der Waals surface area contributed by atoms with Gasteiger partial charge in [-0.05, 0) is 45.4 Å². The zero-order chi connectivity index (χ0) is 13.1. The van der Waals surface area contributed by atoms with Crippen LogP contribution >= 0.6 is 0 Å². The fourth-order valence-corrected chi connectivity index (χ4v) is 2.21. The summed E-state index contributed by atoms with van der Waals surface area (Å²) in [6.07, 6.45) is 3.99. The molecule has 17 heavy (non-hydrogen) atoms. The smallest absolute Gasteiger partial charge is 0.407 e. The van der Waals surface area contributed by atoms with Crippen molar-refractivity contribution in [1.29, 1.82) is 0 Å². The predicted octanol–water partition coefficient (Wildman–Crippen LogP) is 2.45. The molecule has 0 aromatic carbocycles. The molecule has 0 aromatic heterocycles. The van der Waals surface area contributed by atoms with Crippen molar-refractivity contribution in [2.24, 2.45) is 5.41 Å². The summed E-state index contributed by atoms with van der Waals surface area (Å²) < 4.78 is 5.18. The molecular weight excluding hydrogens is 218 g/mol. The second kappa shape index (κ2) is 5.25. The van der Waals surface area contributed by atoms with Gasteiger partial charge in [0.15, 0.2) is 0 Å². The number of aliphatic hydroxyl groups excluding tert-OH is 1. The number of rotatable bonds is 4. The highest BCUT2D eigenvalue weighted by atomic mass is 16.6. The number of carbonyl (C=O) groups excluding carboxylic acids is 1. The third-order valence-corrected chi connectivity index (χ3v) is 3.24. The lowest BCUT2D eigenvalue weighted by Crippen LogP contribution is -2.44. The lowest BCUT2D eigenvalue weighted by molar-refractivity contribution is 0.0422. The van der Waals surface area contributed by atoms with Gasteiger partial charge in [-0.1, -0.05) is 13.3 Å². The quantitative estimate of drug-likeness (QED) is 0.797. The first-order valence-electron chi connectivity index (χ1n) is 6.34. The van der Waals surface area contributed by atoms with E-state index in [2.05, 4.69) is 12.2 Å². The van der Waals surface area contributed by atoms with Crippen LogP contribution in [0.1, 0.15) is 53.4 Å². The third kappa shape index (κ3) is 4.94. The molecule has 0 saturated heterocycles. The van der Waals surface area contributed by atoms with Crippen LogP contribution in [0.5, 0.6) is 0 Å². The third-order valence-electron chi connectivity index (χ3n) is 3.24. The van der Waals surface area contributed by atoms with Gasteiger partial charge in [0.2, 0.25) is 0 Å². The number of hydrogen-bond donors (Lipinski definition) is 2. The van der Waals surface area contributed by atoms with Gasteiger partial charge in [-0.3, -0.25) is 0 Å². The standard InChI is InChI=1S/C13H25NO3/c1-12(2,3)17-11(16)14-10(9-15)8-13(4)6-5-7-13/h10,15H,5-9H2,1-4H3,(H,14,16). The van der Waals surface area contributed by atoms with Crippen LogP contribution in [-0.2, 0) is 4.74 Å². The molecule has 1 unspecified atom stereocenters. The number of alkyl carbamates (subject to hydrolysis) is 1. The number of hydrogen-bond acceptors (Lipinski definition) is 3. The van der Waals surface area contributed by atoms with Crippen molar-refractivity contribution >= 4 is 6.09 Å². The molecule has 0 bridgehead atoms. The van der Waals surface area contributed by atoms with Crippen LogP contribution in [0.2, 0.25) is 0 Å². The topological polar surface area (TPSA) is 58.6 Å². The van der Waals surface area contributed by atoms with Crippen molar-refractivity contribution in [3.8, 4) is 0 Å². The van der Waals surface area contributed by atoms with Gasteiger partial charge in [-0.25, -0.2) is 4.79 Å². The number of aliphatic hydroxyl groups is 1. The van der Waals surface area contributed by atoms with E-state index in [9.17, 15) is 9.90 Å². The Balaban J connectivity index is 2.38. The summed E-state index contributed by atoms with van der Waals surface area (Å²) in [7, 11) is 0. The average molecular weight is 243 g/mol. The van der Waals surface area contributed by atoms with E-state index in [1.807, 2.05) is 20.8 Å². The number of nitrogens with one attached hydrogen (secondary N) is 1. The van der Waals surface area contributed by atoms with E-state index >= 15 is 0 Å². The summed E-state index contributed by atoms with van der Waals surface area (Å²) >= 11 is 0. The van der Waals surface area contributed by atoms with Crippen LogP contribution in [0, 0.1) is 5.41 Å². The molecule has 0 heterocycles. The van der Waals surface area contributed by atoms with Gasteiger partial charge in [-0.15, -0.1) is 0 Å². The van der Waals surface area contributed by atoms with Gasteiger partial charge in [0.05, 0.1) is 12.6 Å². The van der Waals surface area contributed by atoms with Crippen LogP contribution in [0.15, 0.2) is 0 Å². The van der Waals surface area contributed by atoms with Gasteiger partial charge in [0.1, 0.15) is 5.60 Å². The van der Waals surface area contributed by atoms with Crippen LogP contribution < -0.4 is 5.32 Å². The second-order valence-corrected chi connectivity index (χ2v) is 6.39. The first-order valence-corrected chi connectivity index (χ1v) is 6.34. The fraction of sp³-hybridized carbons (Fsp3) is 0.923. The Kier molecular flexibility index (Phi) is 4.42. The molecule has 4 nitrogen and oxygen atoms in total. The van der Waals surface area contributed by atoms with Crippen molar-refractivity contribution in [1.82, 2.24) is 5.32 Å². The molecule has 1 saturated carbocycles. The number of amides is 1. The fourth-order valence-electron chi connectivity index (χ4n) is 2.21. The van der Waals surface area contributed by atoms with Crippen molar-refractivity contribution < 1.29 is 14.6 Å². The second-order valence-electron chi connectivity index (χ2n) is 6.39. The van der Waals surface area contributed by atoms with Gasteiger partial charge < -0.3 is 15.2 Å². The van der Waals surface area contributed by atoms with Gasteiger partial charge in [0.25, 0.3) is 0 Å². The lowest BCUT2D eigenvalue weighted by atomic mass is 9.67. The molecule has 4 heteroatoms. The molecule has 1 aliphatic rings. The molecule has 0 aromatic rings. The van der Waals surface area contributed by atoms with Crippen LogP contribution in [-0.4, -0.2) is 29.4 Å². The molecule has 1 amide bonds. The maximum atomic E-state index is 11.6. The van der Waals surface area contributed by atoms with Crippen molar-refractivity contribution in [3.63, 3.8) is 0 Å². The molecule has 1 fully saturated rings. The molecule has 0 aliphatic heterocycles. The Hall–Kier alpha value is -0.770.